The minimum Gasteiger partial charge on any atom is -0.481 e. The van der Waals surface area contributed by atoms with Crippen LogP contribution in [-0.4, -0.2) is 22.0 Å². The average molecular weight is 384 g/mol. The zero-order valence-electron chi connectivity index (χ0n) is 14.4. The van der Waals surface area contributed by atoms with Gasteiger partial charge in [-0.1, -0.05) is 30.3 Å². The molecule has 138 valence electrons. The van der Waals surface area contributed by atoms with Crippen LogP contribution in [-0.2, 0) is 29.0 Å². The summed E-state index contributed by atoms with van der Waals surface area (Å²) in [5, 5.41) is 12.8. The molecule has 0 atom stereocenters. The fourth-order valence-corrected chi connectivity index (χ4v) is 4.65. The van der Waals surface area contributed by atoms with Crippen molar-refractivity contribution in [2.45, 2.75) is 25.8 Å². The first-order valence-electron chi connectivity index (χ1n) is 8.58. The molecule has 2 N–H and O–H groups in total. The lowest BCUT2D eigenvalue weighted by Gasteiger charge is -2.25. The largest absolute Gasteiger partial charge is 0.481 e. The molecule has 0 unspecified atom stereocenters. The Labute approximate surface area is 158 Å². The Balaban J connectivity index is 1.54. The van der Waals surface area contributed by atoms with Crippen LogP contribution < -0.4 is 5.32 Å². The van der Waals surface area contributed by atoms with Gasteiger partial charge in [0.25, 0.3) is 0 Å². The van der Waals surface area contributed by atoms with Gasteiger partial charge in [-0.05, 0) is 36.1 Å². The van der Waals surface area contributed by atoms with Crippen molar-refractivity contribution in [1.82, 2.24) is 10.3 Å². The van der Waals surface area contributed by atoms with Gasteiger partial charge >= 0.3 is 5.97 Å². The van der Waals surface area contributed by atoms with Crippen molar-refractivity contribution in [2.24, 2.45) is 5.41 Å². The molecule has 4 rings (SSSR count). The summed E-state index contributed by atoms with van der Waals surface area (Å²) < 4.78 is 14.5. The number of hydrogen-bond donors (Lipinski definition) is 2. The number of aliphatic carboxylic acids is 1. The van der Waals surface area contributed by atoms with Gasteiger partial charge in [-0.3, -0.25) is 9.59 Å². The van der Waals surface area contributed by atoms with Gasteiger partial charge in [0.05, 0.1) is 23.1 Å². The lowest BCUT2D eigenvalue weighted by Crippen LogP contribution is -2.43. The van der Waals surface area contributed by atoms with E-state index in [0.29, 0.717) is 28.1 Å². The van der Waals surface area contributed by atoms with Crippen LogP contribution in [0.15, 0.2) is 42.5 Å². The number of benzene rings is 2. The standard InChI is InChI=1S/C20H17FN2O3S/c21-14-6-3-7-15-18(14)23-16(27-15)11-22-19(26)20(10-17(24)25)8-12-4-1-2-5-13(12)9-20/h1-7H,8-11H2,(H,22,26)(H,24,25). The molecular weight excluding hydrogens is 367 g/mol. The van der Waals surface area contributed by atoms with E-state index in [0.717, 1.165) is 11.1 Å². The number of rotatable bonds is 5. The number of carboxylic acid groups (broad SMARTS) is 1. The lowest BCUT2D eigenvalue weighted by atomic mass is 9.80. The number of para-hydroxylation sites is 1. The number of halogens is 1. The molecule has 1 amide bonds. The first-order chi connectivity index (χ1) is 13.0. The Kier molecular flexibility index (Phi) is 4.39. The second-order valence-corrected chi connectivity index (χ2v) is 7.97. The molecule has 0 radical (unpaired) electrons. The highest BCUT2D eigenvalue weighted by atomic mass is 32.1. The van der Waals surface area contributed by atoms with Crippen molar-refractivity contribution >= 4 is 33.4 Å². The van der Waals surface area contributed by atoms with Crippen LogP contribution in [0, 0.1) is 11.2 Å². The van der Waals surface area contributed by atoms with Crippen molar-refractivity contribution in [3.63, 3.8) is 0 Å². The molecule has 1 heterocycles. The van der Waals surface area contributed by atoms with Gasteiger partial charge in [0.1, 0.15) is 16.3 Å². The second-order valence-electron chi connectivity index (χ2n) is 6.85. The van der Waals surface area contributed by atoms with Gasteiger partial charge in [-0.25, -0.2) is 9.37 Å². The van der Waals surface area contributed by atoms with Crippen LogP contribution in [0.2, 0.25) is 0 Å². The molecule has 0 bridgehead atoms. The Bertz CT molecular complexity index is 1020. The molecule has 3 aromatic rings. The van der Waals surface area contributed by atoms with Crippen molar-refractivity contribution < 1.29 is 19.1 Å². The summed E-state index contributed by atoms with van der Waals surface area (Å²) in [7, 11) is 0. The van der Waals surface area contributed by atoms with Crippen molar-refractivity contribution in [1.29, 1.82) is 0 Å². The summed E-state index contributed by atoms with van der Waals surface area (Å²) in [5.41, 5.74) is 1.31. The summed E-state index contributed by atoms with van der Waals surface area (Å²) in [4.78, 5) is 28.6. The number of carbonyl (C=O) groups excluding carboxylic acids is 1. The monoisotopic (exact) mass is 384 g/mol. The quantitative estimate of drug-likeness (QED) is 0.707. The molecule has 0 spiro atoms. The van der Waals surface area contributed by atoms with E-state index in [1.165, 1.54) is 17.4 Å². The first-order valence-corrected chi connectivity index (χ1v) is 9.39. The van der Waals surface area contributed by atoms with Crippen molar-refractivity contribution in [2.75, 3.05) is 0 Å². The van der Waals surface area contributed by atoms with Crippen molar-refractivity contribution in [3.8, 4) is 0 Å². The maximum absolute atomic E-state index is 13.8. The van der Waals surface area contributed by atoms with E-state index in [9.17, 15) is 19.1 Å². The summed E-state index contributed by atoms with van der Waals surface area (Å²) in [6.45, 7) is 0.148. The predicted molar refractivity (Wildman–Crippen MR) is 100.0 cm³/mol. The Morgan fingerprint density at radius 1 is 1.15 bits per heavy atom. The third kappa shape index (κ3) is 3.30. The summed E-state index contributed by atoms with van der Waals surface area (Å²) in [6.07, 6.45) is 0.563. The Morgan fingerprint density at radius 2 is 1.85 bits per heavy atom. The highest BCUT2D eigenvalue weighted by Gasteiger charge is 2.45. The van der Waals surface area contributed by atoms with Gasteiger partial charge in [-0.2, -0.15) is 0 Å². The van der Waals surface area contributed by atoms with Gasteiger partial charge in [0.2, 0.25) is 5.91 Å². The first kappa shape index (κ1) is 17.6. The van der Waals surface area contributed by atoms with E-state index >= 15 is 0 Å². The number of thiazole rings is 1. The zero-order chi connectivity index (χ0) is 19.0. The third-order valence-corrected chi connectivity index (χ3v) is 5.98. The second kappa shape index (κ2) is 6.74. The average Bonchev–Trinajstić information content (AvgIpc) is 3.21. The minimum atomic E-state index is -1.00. The number of nitrogens with one attached hydrogen (secondary N) is 1. The molecule has 0 aliphatic heterocycles. The number of carboxylic acids is 1. The van der Waals surface area contributed by atoms with Crippen LogP contribution in [0.25, 0.3) is 10.2 Å². The number of hydrogen-bond acceptors (Lipinski definition) is 4. The molecular formula is C20H17FN2O3S. The molecule has 1 aromatic heterocycles. The number of aromatic nitrogens is 1. The molecule has 5 nitrogen and oxygen atoms in total. The number of carbonyl (C=O) groups is 2. The molecule has 2 aromatic carbocycles. The third-order valence-electron chi connectivity index (χ3n) is 4.96. The highest BCUT2D eigenvalue weighted by Crippen LogP contribution is 2.40. The number of fused-ring (bicyclic) bond motifs is 2. The van der Waals surface area contributed by atoms with Gasteiger partial charge in [-0.15, -0.1) is 11.3 Å². The van der Waals surface area contributed by atoms with Gasteiger partial charge in [0, 0.05) is 0 Å². The van der Waals surface area contributed by atoms with Crippen LogP contribution in [0.4, 0.5) is 4.39 Å². The van der Waals surface area contributed by atoms with Crippen LogP contribution >= 0.6 is 11.3 Å². The van der Waals surface area contributed by atoms with E-state index in [1.54, 1.807) is 12.1 Å². The predicted octanol–water partition coefficient (Wildman–Crippen LogP) is 3.31. The van der Waals surface area contributed by atoms with Crippen LogP contribution in [0.1, 0.15) is 22.6 Å². The smallest absolute Gasteiger partial charge is 0.304 e. The molecule has 0 saturated carbocycles. The summed E-state index contributed by atoms with van der Waals surface area (Å²) in [6, 6.07) is 12.4. The number of nitrogens with zero attached hydrogens (tertiary/aromatic N) is 1. The normalized spacial score (nSPS) is 14.9. The van der Waals surface area contributed by atoms with E-state index in [-0.39, 0.29) is 18.9 Å². The highest BCUT2D eigenvalue weighted by molar-refractivity contribution is 7.18. The van der Waals surface area contributed by atoms with E-state index < -0.39 is 17.2 Å². The number of amides is 1. The molecule has 0 fully saturated rings. The van der Waals surface area contributed by atoms with Gasteiger partial charge < -0.3 is 10.4 Å². The topological polar surface area (TPSA) is 79.3 Å². The van der Waals surface area contributed by atoms with Crippen molar-refractivity contribution in [3.05, 3.63) is 64.4 Å². The molecule has 27 heavy (non-hydrogen) atoms. The van der Waals surface area contributed by atoms with Gasteiger partial charge in [0.15, 0.2) is 0 Å². The summed E-state index contributed by atoms with van der Waals surface area (Å²) in [5.74, 6) is -1.70. The fraction of sp³-hybridized carbons (Fsp3) is 0.250. The van der Waals surface area contributed by atoms with Crippen LogP contribution in [0.5, 0.6) is 0 Å². The molecule has 1 aliphatic rings. The Hall–Kier alpha value is -2.80. The molecule has 7 heteroatoms. The molecule has 1 aliphatic carbocycles. The summed E-state index contributed by atoms with van der Waals surface area (Å²) >= 11 is 1.31. The van der Waals surface area contributed by atoms with Crippen LogP contribution in [0.3, 0.4) is 0 Å². The lowest BCUT2D eigenvalue weighted by molar-refractivity contribution is -0.145. The van der Waals surface area contributed by atoms with E-state index in [2.05, 4.69) is 10.3 Å². The SMILES string of the molecule is O=C(O)CC1(C(=O)NCc2nc3c(F)cccc3s2)Cc2ccccc2C1. The van der Waals surface area contributed by atoms with E-state index in [1.807, 2.05) is 24.3 Å². The maximum Gasteiger partial charge on any atom is 0.304 e. The van der Waals surface area contributed by atoms with E-state index in [4.69, 9.17) is 0 Å². The molecule has 0 saturated heterocycles. The Morgan fingerprint density at radius 3 is 2.48 bits per heavy atom. The zero-order valence-corrected chi connectivity index (χ0v) is 15.2. The maximum atomic E-state index is 13.8. The fourth-order valence-electron chi connectivity index (χ4n) is 3.73. The minimum absolute atomic E-state index is 0.148.